The third kappa shape index (κ3) is 4.45. The largest absolute Gasteiger partial charge is 0.381 e. The van der Waals surface area contributed by atoms with Crippen molar-refractivity contribution in [3.05, 3.63) is 52.0 Å². The van der Waals surface area contributed by atoms with Gasteiger partial charge in [-0.3, -0.25) is 4.79 Å². The Hall–Kier alpha value is -2.90. The molecule has 0 saturated carbocycles. The van der Waals surface area contributed by atoms with Crippen LogP contribution in [0.5, 0.6) is 0 Å². The van der Waals surface area contributed by atoms with Crippen molar-refractivity contribution >= 4 is 17.4 Å². The van der Waals surface area contributed by atoms with Crippen LogP contribution in [0.15, 0.2) is 30.5 Å². The van der Waals surface area contributed by atoms with E-state index in [1.54, 1.807) is 23.4 Å². The summed E-state index contributed by atoms with van der Waals surface area (Å²) >= 11 is 0. The number of nitro groups is 1. The lowest BCUT2D eigenvalue weighted by molar-refractivity contribution is -0.389. The minimum atomic E-state index is -0.521. The van der Waals surface area contributed by atoms with Crippen LogP contribution in [-0.2, 0) is 17.9 Å². The summed E-state index contributed by atoms with van der Waals surface area (Å²) in [5, 5.41) is 10.8. The molecule has 1 saturated heterocycles. The number of carbonyl (C=O) groups excluding carboxylic acids is 1. The first-order valence-corrected chi connectivity index (χ1v) is 9.20. The van der Waals surface area contributed by atoms with Crippen molar-refractivity contribution in [2.24, 2.45) is 0 Å². The number of amides is 1. The highest BCUT2D eigenvalue weighted by Gasteiger charge is 2.19. The summed E-state index contributed by atoms with van der Waals surface area (Å²) < 4.78 is 1.65. The average molecular weight is 371 g/mol. The molecule has 0 bridgehead atoms. The number of hydrogen-bond donors (Lipinski definition) is 0. The molecule has 1 aliphatic rings. The van der Waals surface area contributed by atoms with Crippen LogP contribution in [0.3, 0.4) is 0 Å². The molecular formula is C19H25N5O3. The van der Waals surface area contributed by atoms with Gasteiger partial charge >= 0.3 is 5.82 Å². The summed E-state index contributed by atoms with van der Waals surface area (Å²) in [6.45, 7) is 4.76. The van der Waals surface area contributed by atoms with Gasteiger partial charge in [-0.2, -0.15) is 0 Å². The zero-order valence-corrected chi connectivity index (χ0v) is 15.8. The molecule has 8 heteroatoms. The Morgan fingerprint density at radius 2 is 2.00 bits per heavy atom. The van der Waals surface area contributed by atoms with Gasteiger partial charge in [0.2, 0.25) is 11.7 Å². The number of aryl methyl sites for hydroxylation is 2. The lowest BCUT2D eigenvalue weighted by atomic mass is 10.1. The van der Waals surface area contributed by atoms with Gasteiger partial charge in [0.15, 0.2) is 0 Å². The van der Waals surface area contributed by atoms with Crippen molar-refractivity contribution < 1.29 is 9.72 Å². The molecule has 0 aliphatic carbocycles. The fourth-order valence-electron chi connectivity index (χ4n) is 3.47. The Kier molecular flexibility index (Phi) is 5.73. The molecule has 144 valence electrons. The highest BCUT2D eigenvalue weighted by atomic mass is 16.6. The van der Waals surface area contributed by atoms with E-state index in [-0.39, 0.29) is 18.1 Å². The number of carbonyl (C=O) groups is 1. The van der Waals surface area contributed by atoms with Gasteiger partial charge in [0.05, 0.1) is 0 Å². The first kappa shape index (κ1) is 18.9. The van der Waals surface area contributed by atoms with Gasteiger partial charge in [-0.1, -0.05) is 18.2 Å². The van der Waals surface area contributed by atoms with Crippen molar-refractivity contribution in [3.63, 3.8) is 0 Å². The van der Waals surface area contributed by atoms with E-state index in [4.69, 9.17) is 0 Å². The number of benzene rings is 1. The zero-order valence-electron chi connectivity index (χ0n) is 15.8. The minimum Gasteiger partial charge on any atom is -0.371 e. The molecule has 1 aromatic heterocycles. The quantitative estimate of drug-likeness (QED) is 0.552. The Morgan fingerprint density at radius 3 is 2.67 bits per heavy atom. The summed E-state index contributed by atoms with van der Waals surface area (Å²) in [5.41, 5.74) is 2.35. The van der Waals surface area contributed by atoms with Crippen molar-refractivity contribution in [1.82, 2.24) is 14.5 Å². The van der Waals surface area contributed by atoms with Crippen LogP contribution < -0.4 is 4.90 Å². The van der Waals surface area contributed by atoms with Crippen molar-refractivity contribution in [2.45, 2.75) is 39.3 Å². The summed E-state index contributed by atoms with van der Waals surface area (Å²) in [4.78, 5) is 30.8. The van der Waals surface area contributed by atoms with Gasteiger partial charge in [-0.15, -0.1) is 0 Å². The van der Waals surface area contributed by atoms with Gasteiger partial charge in [0, 0.05) is 52.3 Å². The summed E-state index contributed by atoms with van der Waals surface area (Å²) in [6, 6.07) is 8.22. The maximum absolute atomic E-state index is 12.5. The molecule has 3 rings (SSSR count). The second-order valence-electron chi connectivity index (χ2n) is 6.92. The first-order chi connectivity index (χ1) is 13.0. The SMILES string of the molecule is Cc1nc([N+](=O)[O-])cn1CCC(=O)N(C)Cc1ccccc1N1CCCC1. The van der Waals surface area contributed by atoms with E-state index in [1.807, 2.05) is 12.1 Å². The maximum atomic E-state index is 12.5. The van der Waals surface area contributed by atoms with Crippen LogP contribution in [0, 0.1) is 17.0 Å². The Morgan fingerprint density at radius 1 is 1.30 bits per heavy atom. The molecule has 0 radical (unpaired) electrons. The van der Waals surface area contributed by atoms with Crippen molar-refractivity contribution in [2.75, 3.05) is 25.0 Å². The predicted octanol–water partition coefficient (Wildman–Crippen LogP) is 2.75. The molecular weight excluding hydrogens is 346 g/mol. The summed E-state index contributed by atoms with van der Waals surface area (Å²) in [6.07, 6.45) is 4.07. The van der Waals surface area contributed by atoms with Gasteiger partial charge in [0.25, 0.3) is 0 Å². The van der Waals surface area contributed by atoms with Crippen molar-refractivity contribution in [3.8, 4) is 0 Å². The fraction of sp³-hybridized carbons (Fsp3) is 0.474. The molecule has 0 atom stereocenters. The van der Waals surface area contributed by atoms with E-state index >= 15 is 0 Å². The average Bonchev–Trinajstić information content (AvgIpc) is 3.30. The van der Waals surface area contributed by atoms with E-state index in [0.717, 1.165) is 18.7 Å². The number of hydrogen-bond acceptors (Lipinski definition) is 5. The van der Waals surface area contributed by atoms with E-state index < -0.39 is 4.92 Å². The zero-order chi connectivity index (χ0) is 19.4. The minimum absolute atomic E-state index is 0.00183. The molecule has 0 spiro atoms. The van der Waals surface area contributed by atoms with Crippen LogP contribution in [-0.4, -0.2) is 45.4 Å². The summed E-state index contributed by atoms with van der Waals surface area (Å²) in [7, 11) is 1.80. The van der Waals surface area contributed by atoms with E-state index in [9.17, 15) is 14.9 Å². The number of aromatic nitrogens is 2. The summed E-state index contributed by atoms with van der Waals surface area (Å²) in [5.74, 6) is 0.353. The normalized spacial score (nSPS) is 13.8. The Balaban J connectivity index is 1.61. The second kappa shape index (κ2) is 8.20. The lowest BCUT2D eigenvalue weighted by Gasteiger charge is -2.24. The molecule has 0 N–H and O–H groups in total. The number of nitrogens with zero attached hydrogens (tertiary/aromatic N) is 5. The van der Waals surface area contributed by atoms with E-state index in [0.29, 0.717) is 18.9 Å². The predicted molar refractivity (Wildman–Crippen MR) is 103 cm³/mol. The van der Waals surface area contributed by atoms with Crippen LogP contribution in [0.2, 0.25) is 0 Å². The third-order valence-corrected chi connectivity index (χ3v) is 4.99. The monoisotopic (exact) mass is 371 g/mol. The molecule has 27 heavy (non-hydrogen) atoms. The fourth-order valence-corrected chi connectivity index (χ4v) is 3.47. The molecule has 1 aromatic carbocycles. The second-order valence-corrected chi connectivity index (χ2v) is 6.92. The Labute approximate surface area is 158 Å². The highest BCUT2D eigenvalue weighted by Crippen LogP contribution is 2.25. The topological polar surface area (TPSA) is 84.5 Å². The lowest BCUT2D eigenvalue weighted by Crippen LogP contribution is -2.28. The molecule has 1 fully saturated rings. The maximum Gasteiger partial charge on any atom is 0.381 e. The number of para-hydroxylation sites is 1. The molecule has 8 nitrogen and oxygen atoms in total. The van der Waals surface area contributed by atoms with Gasteiger partial charge in [-0.25, -0.2) is 0 Å². The molecule has 1 amide bonds. The number of rotatable bonds is 7. The van der Waals surface area contributed by atoms with Gasteiger partial charge in [-0.05, 0) is 34.4 Å². The van der Waals surface area contributed by atoms with Crippen LogP contribution >= 0.6 is 0 Å². The standard InChI is InChI=1S/C19H25N5O3/c1-15-20-18(24(26)27)14-23(15)12-9-19(25)21(2)13-16-7-3-4-8-17(16)22-10-5-6-11-22/h3-4,7-8,14H,5-6,9-13H2,1-2H3. The highest BCUT2D eigenvalue weighted by molar-refractivity contribution is 5.76. The van der Waals surface area contributed by atoms with E-state index in [1.165, 1.54) is 24.7 Å². The smallest absolute Gasteiger partial charge is 0.371 e. The van der Waals surface area contributed by atoms with Gasteiger partial charge < -0.3 is 24.5 Å². The molecule has 2 aromatic rings. The van der Waals surface area contributed by atoms with Crippen LogP contribution in [0.25, 0.3) is 0 Å². The molecule has 0 unspecified atom stereocenters. The van der Waals surface area contributed by atoms with Crippen LogP contribution in [0.4, 0.5) is 11.5 Å². The van der Waals surface area contributed by atoms with Gasteiger partial charge in [0.1, 0.15) is 6.20 Å². The van der Waals surface area contributed by atoms with Crippen LogP contribution in [0.1, 0.15) is 30.7 Å². The Bertz CT molecular complexity index is 827. The number of anilines is 1. The molecule has 2 heterocycles. The van der Waals surface area contributed by atoms with E-state index in [2.05, 4.69) is 22.0 Å². The van der Waals surface area contributed by atoms with Crippen molar-refractivity contribution in [1.29, 1.82) is 0 Å². The molecule has 1 aliphatic heterocycles. The first-order valence-electron chi connectivity index (χ1n) is 9.20. The third-order valence-electron chi connectivity index (χ3n) is 4.99. The number of imidazole rings is 1.